The number of ether oxygens (including phenoxy) is 2. The summed E-state index contributed by atoms with van der Waals surface area (Å²) in [5.41, 5.74) is 3.97. The van der Waals surface area contributed by atoms with Gasteiger partial charge < -0.3 is 19.7 Å². The van der Waals surface area contributed by atoms with Crippen molar-refractivity contribution >= 4 is 27.2 Å². The average molecular weight is 502 g/mol. The zero-order valence-electron chi connectivity index (χ0n) is 21.2. The summed E-state index contributed by atoms with van der Waals surface area (Å²) in [5, 5.41) is 3.51. The van der Waals surface area contributed by atoms with Gasteiger partial charge in [0.15, 0.2) is 9.84 Å². The lowest BCUT2D eigenvalue weighted by molar-refractivity contribution is -0.0860. The van der Waals surface area contributed by atoms with Gasteiger partial charge >= 0.3 is 0 Å². The quantitative estimate of drug-likeness (QED) is 0.676. The van der Waals surface area contributed by atoms with E-state index in [4.69, 9.17) is 9.47 Å². The van der Waals surface area contributed by atoms with Crippen LogP contribution in [0.25, 0.3) is 0 Å². The van der Waals surface area contributed by atoms with Gasteiger partial charge in [0.2, 0.25) is 0 Å². The molecule has 190 valence electrons. The lowest BCUT2D eigenvalue weighted by Crippen LogP contribution is -2.47. The van der Waals surface area contributed by atoms with Crippen molar-refractivity contribution in [1.82, 2.24) is 14.9 Å². The van der Waals surface area contributed by atoms with Gasteiger partial charge in [-0.25, -0.2) is 18.4 Å². The van der Waals surface area contributed by atoms with Crippen molar-refractivity contribution in [2.45, 2.75) is 52.2 Å². The molecule has 3 aliphatic heterocycles. The minimum absolute atomic E-state index is 0.135. The SMILES string of the molecule is Cc1cc(C2CN(COC(C)(C)C)C2)cc2c1OC(C)c1c(ncnc1N1CCS(=O)(=O)CC1)N2. The summed E-state index contributed by atoms with van der Waals surface area (Å²) in [5.74, 6) is 2.98. The van der Waals surface area contributed by atoms with Crippen molar-refractivity contribution in [3.8, 4) is 5.75 Å². The lowest BCUT2D eigenvalue weighted by atomic mass is 9.90. The van der Waals surface area contributed by atoms with Gasteiger partial charge in [-0.1, -0.05) is 6.07 Å². The number of aryl methyl sites for hydroxylation is 1. The van der Waals surface area contributed by atoms with Crippen LogP contribution in [-0.2, 0) is 14.6 Å². The molecule has 0 amide bonds. The molecule has 0 aliphatic carbocycles. The van der Waals surface area contributed by atoms with Crippen molar-refractivity contribution in [3.63, 3.8) is 0 Å². The third kappa shape index (κ3) is 5.10. The number of aromatic nitrogens is 2. The van der Waals surface area contributed by atoms with E-state index >= 15 is 0 Å². The van der Waals surface area contributed by atoms with Crippen LogP contribution in [0.5, 0.6) is 5.75 Å². The molecule has 1 aromatic heterocycles. The minimum Gasteiger partial charge on any atom is -0.483 e. The molecule has 0 spiro atoms. The number of hydrogen-bond donors (Lipinski definition) is 1. The highest BCUT2D eigenvalue weighted by atomic mass is 32.2. The number of hydrogen-bond acceptors (Lipinski definition) is 9. The van der Waals surface area contributed by atoms with Crippen LogP contribution in [0.4, 0.5) is 17.3 Å². The summed E-state index contributed by atoms with van der Waals surface area (Å²) < 4.78 is 36.2. The van der Waals surface area contributed by atoms with Crippen molar-refractivity contribution < 1.29 is 17.9 Å². The van der Waals surface area contributed by atoms with E-state index in [9.17, 15) is 8.42 Å². The Hall–Kier alpha value is -2.43. The fourth-order valence-electron chi connectivity index (χ4n) is 4.86. The van der Waals surface area contributed by atoms with Gasteiger partial charge in [0.05, 0.1) is 35.1 Å². The van der Waals surface area contributed by atoms with Crippen LogP contribution < -0.4 is 15.0 Å². The molecule has 35 heavy (non-hydrogen) atoms. The number of nitrogens with one attached hydrogen (secondary N) is 1. The normalized spacial score (nSPS) is 22.3. The van der Waals surface area contributed by atoms with E-state index in [2.05, 4.69) is 60.0 Å². The van der Waals surface area contributed by atoms with Crippen LogP contribution in [0.15, 0.2) is 18.5 Å². The van der Waals surface area contributed by atoms with Crippen molar-refractivity contribution in [1.29, 1.82) is 0 Å². The number of likely N-dealkylation sites (tertiary alicyclic amines) is 1. The smallest absolute Gasteiger partial charge is 0.153 e. The standard InChI is InChI=1S/C25H35N5O4S/c1-16-10-18(19-12-29(13-19)15-33-25(3,4)5)11-20-22(16)34-17(2)21-23(28-20)26-14-27-24(21)30-6-8-35(31,32)9-7-30/h10-11,14,17,19H,6-9,12-13,15H2,1-5H3,(H,26,27,28). The van der Waals surface area contributed by atoms with Crippen LogP contribution in [0.1, 0.15) is 56.4 Å². The zero-order chi connectivity index (χ0) is 25.0. The predicted molar refractivity (Wildman–Crippen MR) is 136 cm³/mol. The Kier molecular flexibility index (Phi) is 6.17. The molecule has 2 aromatic rings. The molecular formula is C25H35N5O4S. The molecule has 1 unspecified atom stereocenters. The van der Waals surface area contributed by atoms with E-state index in [0.29, 0.717) is 31.6 Å². The van der Waals surface area contributed by atoms with E-state index in [0.717, 1.165) is 41.5 Å². The fourth-order valence-corrected chi connectivity index (χ4v) is 6.06. The van der Waals surface area contributed by atoms with Gasteiger partial charge in [0, 0.05) is 32.1 Å². The van der Waals surface area contributed by atoms with Crippen molar-refractivity contribution in [3.05, 3.63) is 35.2 Å². The molecular weight excluding hydrogens is 466 g/mol. The Morgan fingerprint density at radius 2 is 1.89 bits per heavy atom. The minimum atomic E-state index is -2.98. The van der Waals surface area contributed by atoms with E-state index in [-0.39, 0.29) is 23.2 Å². The van der Waals surface area contributed by atoms with Gasteiger partial charge in [0.25, 0.3) is 0 Å². The van der Waals surface area contributed by atoms with Crippen LogP contribution in [0, 0.1) is 6.92 Å². The fraction of sp³-hybridized carbons (Fsp3) is 0.600. The second-order valence-corrected chi connectivity index (χ2v) is 13.1. The summed E-state index contributed by atoms with van der Waals surface area (Å²) in [6.45, 7) is 13.7. The first-order chi connectivity index (χ1) is 16.5. The Morgan fingerprint density at radius 3 is 2.57 bits per heavy atom. The first-order valence-corrected chi connectivity index (χ1v) is 14.1. The highest BCUT2D eigenvalue weighted by Gasteiger charge is 2.33. The number of rotatable bonds is 4. The van der Waals surface area contributed by atoms with Gasteiger partial charge in [-0.05, 0) is 51.8 Å². The predicted octanol–water partition coefficient (Wildman–Crippen LogP) is 3.39. The summed E-state index contributed by atoms with van der Waals surface area (Å²) >= 11 is 0. The molecule has 5 rings (SSSR count). The highest BCUT2D eigenvalue weighted by molar-refractivity contribution is 7.91. The summed E-state index contributed by atoms with van der Waals surface area (Å²) in [4.78, 5) is 13.4. The van der Waals surface area contributed by atoms with Crippen molar-refractivity contribution in [2.75, 3.05) is 54.6 Å². The first kappa shape index (κ1) is 24.3. The molecule has 1 atom stereocenters. The highest BCUT2D eigenvalue weighted by Crippen LogP contribution is 2.44. The molecule has 10 heteroatoms. The molecule has 0 saturated carbocycles. The molecule has 3 aliphatic rings. The molecule has 2 fully saturated rings. The van der Waals surface area contributed by atoms with Crippen LogP contribution >= 0.6 is 0 Å². The maximum atomic E-state index is 11.9. The monoisotopic (exact) mass is 501 g/mol. The molecule has 0 radical (unpaired) electrons. The maximum Gasteiger partial charge on any atom is 0.153 e. The third-order valence-corrected chi connectivity index (χ3v) is 8.48. The second kappa shape index (κ2) is 8.90. The van der Waals surface area contributed by atoms with Crippen molar-refractivity contribution in [2.24, 2.45) is 0 Å². The van der Waals surface area contributed by atoms with Crippen LogP contribution in [0.3, 0.4) is 0 Å². The third-order valence-electron chi connectivity index (χ3n) is 6.87. The van der Waals surface area contributed by atoms with Crippen LogP contribution in [-0.4, -0.2) is 73.3 Å². The summed E-state index contributed by atoms with van der Waals surface area (Å²) in [6, 6.07) is 4.39. The maximum absolute atomic E-state index is 11.9. The Morgan fingerprint density at radius 1 is 1.17 bits per heavy atom. The largest absolute Gasteiger partial charge is 0.483 e. The van der Waals surface area contributed by atoms with Gasteiger partial charge in [-0.3, -0.25) is 4.90 Å². The van der Waals surface area contributed by atoms with E-state index in [1.165, 1.54) is 11.9 Å². The Balaban J connectivity index is 1.38. The molecule has 4 heterocycles. The van der Waals surface area contributed by atoms with Crippen LogP contribution in [0.2, 0.25) is 0 Å². The number of benzene rings is 1. The van der Waals surface area contributed by atoms with E-state index in [1.54, 1.807) is 0 Å². The number of sulfone groups is 1. The summed E-state index contributed by atoms with van der Waals surface area (Å²) in [7, 11) is -2.98. The Bertz CT molecular complexity index is 1210. The molecule has 1 N–H and O–H groups in total. The average Bonchev–Trinajstić information content (AvgIpc) is 2.88. The van der Waals surface area contributed by atoms with Gasteiger partial charge in [0.1, 0.15) is 29.8 Å². The number of anilines is 3. The number of nitrogens with zero attached hydrogens (tertiary/aromatic N) is 4. The second-order valence-electron chi connectivity index (χ2n) is 10.8. The molecule has 9 nitrogen and oxygen atoms in total. The van der Waals surface area contributed by atoms with E-state index in [1.807, 2.05) is 11.8 Å². The molecule has 0 bridgehead atoms. The zero-order valence-corrected chi connectivity index (χ0v) is 22.0. The van der Waals surface area contributed by atoms with Gasteiger partial charge in [-0.15, -0.1) is 0 Å². The molecule has 1 aromatic carbocycles. The lowest BCUT2D eigenvalue weighted by Gasteiger charge is -2.40. The number of fused-ring (bicyclic) bond motifs is 2. The topological polar surface area (TPSA) is 96.9 Å². The summed E-state index contributed by atoms with van der Waals surface area (Å²) in [6.07, 6.45) is 1.25. The first-order valence-electron chi connectivity index (χ1n) is 12.2. The van der Waals surface area contributed by atoms with Gasteiger partial charge in [-0.2, -0.15) is 0 Å². The Labute approximate surface area is 207 Å². The van der Waals surface area contributed by atoms with E-state index < -0.39 is 9.84 Å². The molecule has 2 saturated heterocycles.